The first-order valence-corrected chi connectivity index (χ1v) is 6.11. The molecule has 0 radical (unpaired) electrons. The van der Waals surface area contributed by atoms with Crippen LogP contribution in [0.4, 0.5) is 10.1 Å². The van der Waals surface area contributed by atoms with Crippen LogP contribution in [0.25, 0.3) is 22.8 Å². The normalized spacial score (nSPS) is 10.5. The summed E-state index contributed by atoms with van der Waals surface area (Å²) < 4.78 is 19.2. The first-order chi connectivity index (χ1) is 10.1. The van der Waals surface area contributed by atoms with Crippen LogP contribution in [0.1, 0.15) is 0 Å². The van der Waals surface area contributed by atoms with Gasteiger partial charge in [-0.05, 0) is 24.3 Å². The number of non-ortho nitro benzene ring substituents is 1. The van der Waals surface area contributed by atoms with E-state index in [1.807, 2.05) is 0 Å². The SMILES string of the molecule is O=[N+]([O-])c1ccc(-c2ncc(-c3ccccc3F)o2)cc1. The Morgan fingerprint density at radius 2 is 1.81 bits per heavy atom. The Balaban J connectivity index is 1.95. The Kier molecular flexibility index (Phi) is 3.19. The van der Waals surface area contributed by atoms with E-state index in [1.165, 1.54) is 36.5 Å². The summed E-state index contributed by atoms with van der Waals surface area (Å²) in [6.07, 6.45) is 1.43. The molecular formula is C15H9FN2O3. The van der Waals surface area contributed by atoms with E-state index in [0.29, 0.717) is 16.9 Å². The van der Waals surface area contributed by atoms with Crippen molar-refractivity contribution in [2.45, 2.75) is 0 Å². The van der Waals surface area contributed by atoms with Crippen molar-refractivity contribution < 1.29 is 13.7 Å². The van der Waals surface area contributed by atoms with Crippen molar-refractivity contribution in [3.05, 3.63) is 70.7 Å². The smallest absolute Gasteiger partial charge is 0.269 e. The summed E-state index contributed by atoms with van der Waals surface area (Å²) in [6.45, 7) is 0. The molecule has 0 saturated heterocycles. The van der Waals surface area contributed by atoms with Crippen LogP contribution in [0, 0.1) is 15.9 Å². The van der Waals surface area contributed by atoms with Crippen LogP contribution in [0.3, 0.4) is 0 Å². The van der Waals surface area contributed by atoms with Crippen molar-refractivity contribution in [1.29, 1.82) is 0 Å². The van der Waals surface area contributed by atoms with Gasteiger partial charge < -0.3 is 4.42 Å². The fourth-order valence-electron chi connectivity index (χ4n) is 1.92. The average molecular weight is 284 g/mol. The van der Waals surface area contributed by atoms with Crippen molar-refractivity contribution in [3.8, 4) is 22.8 Å². The standard InChI is InChI=1S/C15H9FN2O3/c16-13-4-2-1-3-12(13)14-9-17-15(21-14)10-5-7-11(8-6-10)18(19)20/h1-9H. The van der Waals surface area contributed by atoms with Gasteiger partial charge >= 0.3 is 0 Å². The van der Waals surface area contributed by atoms with Gasteiger partial charge in [0.2, 0.25) is 5.89 Å². The molecule has 0 saturated carbocycles. The minimum atomic E-state index is -0.482. The van der Waals surface area contributed by atoms with Gasteiger partial charge in [0.25, 0.3) is 5.69 Å². The van der Waals surface area contributed by atoms with Crippen LogP contribution < -0.4 is 0 Å². The number of aromatic nitrogens is 1. The molecule has 21 heavy (non-hydrogen) atoms. The van der Waals surface area contributed by atoms with Crippen molar-refractivity contribution in [2.24, 2.45) is 0 Å². The van der Waals surface area contributed by atoms with E-state index in [0.717, 1.165) is 0 Å². The fraction of sp³-hybridized carbons (Fsp3) is 0. The van der Waals surface area contributed by atoms with Crippen LogP contribution in [0.5, 0.6) is 0 Å². The van der Waals surface area contributed by atoms with E-state index in [1.54, 1.807) is 18.2 Å². The lowest BCUT2D eigenvalue weighted by Crippen LogP contribution is -1.87. The molecule has 0 amide bonds. The molecule has 3 aromatic rings. The minimum Gasteiger partial charge on any atom is -0.436 e. The van der Waals surface area contributed by atoms with Gasteiger partial charge in [-0.2, -0.15) is 0 Å². The highest BCUT2D eigenvalue weighted by Gasteiger charge is 2.12. The summed E-state index contributed by atoms with van der Waals surface area (Å²) in [5.41, 5.74) is 0.890. The third-order valence-corrected chi connectivity index (χ3v) is 2.97. The molecule has 1 heterocycles. The molecule has 2 aromatic carbocycles. The third kappa shape index (κ3) is 2.51. The number of nitrogens with zero attached hydrogens (tertiary/aromatic N) is 2. The van der Waals surface area contributed by atoms with Crippen LogP contribution >= 0.6 is 0 Å². The number of oxazole rings is 1. The average Bonchev–Trinajstić information content (AvgIpc) is 2.97. The van der Waals surface area contributed by atoms with Crippen LogP contribution in [-0.2, 0) is 0 Å². The Bertz CT molecular complexity index is 797. The molecule has 0 unspecified atom stereocenters. The van der Waals surface area contributed by atoms with Crippen molar-refractivity contribution in [3.63, 3.8) is 0 Å². The topological polar surface area (TPSA) is 69.2 Å². The maximum absolute atomic E-state index is 13.7. The second-order valence-corrected chi connectivity index (χ2v) is 4.31. The number of rotatable bonds is 3. The van der Waals surface area contributed by atoms with Crippen molar-refractivity contribution >= 4 is 5.69 Å². The van der Waals surface area contributed by atoms with Gasteiger partial charge in [0.1, 0.15) is 5.82 Å². The zero-order valence-electron chi connectivity index (χ0n) is 10.7. The van der Waals surface area contributed by atoms with Gasteiger partial charge in [0.05, 0.1) is 16.7 Å². The molecule has 0 aliphatic rings. The largest absolute Gasteiger partial charge is 0.436 e. The number of nitro groups is 1. The molecule has 0 fully saturated rings. The highest BCUT2D eigenvalue weighted by Crippen LogP contribution is 2.28. The Hall–Kier alpha value is -3.02. The van der Waals surface area contributed by atoms with Gasteiger partial charge in [-0.25, -0.2) is 9.37 Å². The number of hydrogen-bond donors (Lipinski definition) is 0. The first kappa shape index (κ1) is 13.0. The summed E-state index contributed by atoms with van der Waals surface area (Å²) in [6, 6.07) is 12.0. The second-order valence-electron chi connectivity index (χ2n) is 4.31. The second kappa shape index (κ2) is 5.16. The zero-order valence-corrected chi connectivity index (χ0v) is 10.7. The van der Waals surface area contributed by atoms with Gasteiger partial charge in [0, 0.05) is 17.7 Å². The van der Waals surface area contributed by atoms with Crippen LogP contribution in [-0.4, -0.2) is 9.91 Å². The lowest BCUT2D eigenvalue weighted by Gasteiger charge is -1.98. The summed E-state index contributed by atoms with van der Waals surface area (Å²) in [5.74, 6) is 0.188. The molecule has 0 N–H and O–H groups in total. The Morgan fingerprint density at radius 3 is 2.48 bits per heavy atom. The van der Waals surface area contributed by atoms with E-state index >= 15 is 0 Å². The summed E-state index contributed by atoms with van der Waals surface area (Å²) in [7, 11) is 0. The van der Waals surface area contributed by atoms with E-state index in [9.17, 15) is 14.5 Å². The molecule has 3 rings (SSSR count). The zero-order chi connectivity index (χ0) is 14.8. The highest BCUT2D eigenvalue weighted by atomic mass is 19.1. The van der Waals surface area contributed by atoms with Gasteiger partial charge in [-0.3, -0.25) is 10.1 Å². The molecule has 5 nitrogen and oxygen atoms in total. The molecule has 6 heteroatoms. The molecule has 0 aliphatic carbocycles. The molecule has 0 spiro atoms. The van der Waals surface area contributed by atoms with Crippen molar-refractivity contribution in [1.82, 2.24) is 4.98 Å². The minimum absolute atomic E-state index is 0.0142. The number of hydrogen-bond acceptors (Lipinski definition) is 4. The van der Waals surface area contributed by atoms with E-state index < -0.39 is 10.7 Å². The molecule has 104 valence electrons. The predicted molar refractivity (Wildman–Crippen MR) is 74.0 cm³/mol. The maximum Gasteiger partial charge on any atom is 0.269 e. The fourth-order valence-corrected chi connectivity index (χ4v) is 1.92. The molecule has 0 aliphatic heterocycles. The van der Waals surface area contributed by atoms with E-state index in [4.69, 9.17) is 4.42 Å². The van der Waals surface area contributed by atoms with Gasteiger partial charge in [-0.1, -0.05) is 12.1 Å². The monoisotopic (exact) mass is 284 g/mol. The Morgan fingerprint density at radius 1 is 1.10 bits per heavy atom. The van der Waals surface area contributed by atoms with E-state index in [2.05, 4.69) is 4.98 Å². The van der Waals surface area contributed by atoms with Crippen molar-refractivity contribution in [2.75, 3.05) is 0 Å². The van der Waals surface area contributed by atoms with Crippen LogP contribution in [0.15, 0.2) is 59.1 Å². The summed E-state index contributed by atoms with van der Waals surface area (Å²) in [4.78, 5) is 14.2. The quantitative estimate of drug-likeness (QED) is 0.537. The Labute approximate surface area is 118 Å². The van der Waals surface area contributed by atoms with Gasteiger partial charge in [0.15, 0.2) is 5.76 Å². The van der Waals surface area contributed by atoms with Crippen LogP contribution in [0.2, 0.25) is 0 Å². The number of benzene rings is 2. The maximum atomic E-state index is 13.7. The van der Waals surface area contributed by atoms with E-state index in [-0.39, 0.29) is 11.6 Å². The predicted octanol–water partition coefficient (Wildman–Crippen LogP) is 4.06. The molecular weight excluding hydrogens is 275 g/mol. The number of halogens is 1. The summed E-state index contributed by atoms with van der Waals surface area (Å²) in [5, 5.41) is 10.6. The lowest BCUT2D eigenvalue weighted by molar-refractivity contribution is -0.384. The molecule has 0 bridgehead atoms. The first-order valence-electron chi connectivity index (χ1n) is 6.11. The molecule has 0 atom stereocenters. The highest BCUT2D eigenvalue weighted by molar-refractivity contribution is 5.62. The third-order valence-electron chi connectivity index (χ3n) is 2.97. The molecule has 1 aromatic heterocycles. The van der Waals surface area contributed by atoms with Gasteiger partial charge in [-0.15, -0.1) is 0 Å². The number of nitro benzene ring substituents is 1. The summed E-state index contributed by atoms with van der Waals surface area (Å²) >= 11 is 0. The lowest BCUT2D eigenvalue weighted by atomic mass is 10.2.